The van der Waals surface area contributed by atoms with Crippen molar-refractivity contribution in [2.75, 3.05) is 39.9 Å². The molecule has 1 saturated heterocycles. The largest absolute Gasteiger partial charge is 0.383 e. The third-order valence-corrected chi connectivity index (χ3v) is 6.11. The minimum absolute atomic E-state index is 0.229. The smallest absolute Gasteiger partial charge is 0.243 e. The highest BCUT2D eigenvalue weighted by atomic mass is 32.2. The summed E-state index contributed by atoms with van der Waals surface area (Å²) in [6.07, 6.45) is 2.18. The molecule has 0 spiro atoms. The van der Waals surface area contributed by atoms with Crippen LogP contribution >= 0.6 is 0 Å². The summed E-state index contributed by atoms with van der Waals surface area (Å²) in [5.41, 5.74) is 0. The topological polar surface area (TPSA) is 87.7 Å². The van der Waals surface area contributed by atoms with Crippen molar-refractivity contribution < 1.29 is 17.9 Å². The summed E-state index contributed by atoms with van der Waals surface area (Å²) >= 11 is 0. The highest BCUT2D eigenvalue weighted by Gasteiger charge is 2.37. The van der Waals surface area contributed by atoms with Gasteiger partial charge in [0.2, 0.25) is 15.9 Å². The molecule has 0 aromatic heterocycles. The summed E-state index contributed by atoms with van der Waals surface area (Å²) in [4.78, 5) is 12.7. The van der Waals surface area contributed by atoms with Crippen LogP contribution in [0.5, 0.6) is 0 Å². The number of rotatable bonds is 9. The van der Waals surface area contributed by atoms with Gasteiger partial charge in [0.1, 0.15) is 6.04 Å². The lowest BCUT2D eigenvalue weighted by Crippen LogP contribution is -2.52. The molecule has 1 fully saturated rings. The summed E-state index contributed by atoms with van der Waals surface area (Å²) in [6, 6.07) is 7.65. The fraction of sp³-hybridized carbons (Fsp3) is 0.588. The summed E-state index contributed by atoms with van der Waals surface area (Å²) in [5.74, 6) is -0.229. The van der Waals surface area contributed by atoms with E-state index in [2.05, 4.69) is 10.6 Å². The molecule has 0 bridgehead atoms. The van der Waals surface area contributed by atoms with E-state index >= 15 is 0 Å². The molecule has 1 heterocycles. The third-order valence-electron chi connectivity index (χ3n) is 4.19. The maximum atomic E-state index is 12.9. The highest BCUT2D eigenvalue weighted by molar-refractivity contribution is 7.89. The normalized spacial score (nSPS) is 18.8. The molecular formula is C17H27N3O4S. The Morgan fingerprint density at radius 3 is 2.68 bits per heavy atom. The lowest BCUT2D eigenvalue weighted by Gasteiger charge is -2.33. The van der Waals surface area contributed by atoms with Crippen LogP contribution in [-0.4, -0.2) is 64.6 Å². The number of nitrogens with zero attached hydrogens (tertiary/aromatic N) is 1. The van der Waals surface area contributed by atoms with Crippen LogP contribution < -0.4 is 10.6 Å². The van der Waals surface area contributed by atoms with E-state index in [1.165, 1.54) is 4.31 Å². The molecular weight excluding hydrogens is 342 g/mol. The predicted molar refractivity (Wildman–Crippen MR) is 95.7 cm³/mol. The van der Waals surface area contributed by atoms with Gasteiger partial charge in [-0.3, -0.25) is 4.79 Å². The first-order valence-corrected chi connectivity index (χ1v) is 10.1. The number of sulfonamides is 1. The number of carbonyl (C=O) groups is 1. The molecule has 25 heavy (non-hydrogen) atoms. The van der Waals surface area contributed by atoms with E-state index in [9.17, 15) is 13.2 Å². The second-order valence-corrected chi connectivity index (χ2v) is 7.86. The molecule has 1 amide bonds. The molecule has 0 radical (unpaired) electrons. The Morgan fingerprint density at radius 1 is 1.20 bits per heavy atom. The number of nitrogens with one attached hydrogen (secondary N) is 2. The van der Waals surface area contributed by atoms with Crippen molar-refractivity contribution in [3.8, 4) is 0 Å². The van der Waals surface area contributed by atoms with E-state index < -0.39 is 16.1 Å². The van der Waals surface area contributed by atoms with E-state index in [1.54, 1.807) is 37.4 Å². The van der Waals surface area contributed by atoms with E-state index in [-0.39, 0.29) is 10.8 Å². The number of benzene rings is 1. The lowest BCUT2D eigenvalue weighted by molar-refractivity contribution is -0.125. The number of methoxy groups -OCH3 is 1. The Hall–Kier alpha value is -1.48. The highest BCUT2D eigenvalue weighted by Crippen LogP contribution is 2.25. The molecule has 2 rings (SSSR count). The van der Waals surface area contributed by atoms with Gasteiger partial charge in [0.05, 0.1) is 11.5 Å². The average Bonchev–Trinajstić information content (AvgIpc) is 2.65. The Morgan fingerprint density at radius 2 is 1.96 bits per heavy atom. The van der Waals surface area contributed by atoms with Gasteiger partial charge in [-0.1, -0.05) is 24.6 Å². The minimum Gasteiger partial charge on any atom is -0.383 e. The Bertz CT molecular complexity index is 637. The van der Waals surface area contributed by atoms with Gasteiger partial charge >= 0.3 is 0 Å². The molecule has 0 saturated carbocycles. The van der Waals surface area contributed by atoms with Crippen molar-refractivity contribution in [1.29, 1.82) is 0 Å². The third kappa shape index (κ3) is 5.50. The van der Waals surface area contributed by atoms with Crippen molar-refractivity contribution >= 4 is 15.9 Å². The zero-order valence-electron chi connectivity index (χ0n) is 14.6. The van der Waals surface area contributed by atoms with Gasteiger partial charge in [0, 0.05) is 33.3 Å². The lowest BCUT2D eigenvalue weighted by atomic mass is 10.0. The maximum Gasteiger partial charge on any atom is 0.243 e. The van der Waals surface area contributed by atoms with Crippen LogP contribution in [0.1, 0.15) is 19.3 Å². The molecule has 1 aliphatic heterocycles. The molecule has 8 heteroatoms. The van der Waals surface area contributed by atoms with E-state index in [1.807, 2.05) is 0 Å². The molecule has 140 valence electrons. The van der Waals surface area contributed by atoms with Gasteiger partial charge in [-0.2, -0.15) is 4.31 Å². The van der Waals surface area contributed by atoms with Crippen LogP contribution in [0.15, 0.2) is 35.2 Å². The number of hydrogen-bond acceptors (Lipinski definition) is 5. The fourth-order valence-electron chi connectivity index (χ4n) is 2.87. The number of piperidine rings is 1. The van der Waals surface area contributed by atoms with Gasteiger partial charge in [0.25, 0.3) is 0 Å². The second kappa shape index (κ2) is 9.86. The van der Waals surface area contributed by atoms with Crippen LogP contribution in [-0.2, 0) is 19.6 Å². The first-order chi connectivity index (χ1) is 12.1. The zero-order chi connectivity index (χ0) is 18.1. The van der Waals surface area contributed by atoms with Crippen molar-refractivity contribution in [2.45, 2.75) is 30.2 Å². The first-order valence-electron chi connectivity index (χ1n) is 8.61. The molecule has 2 N–H and O–H groups in total. The van der Waals surface area contributed by atoms with Crippen molar-refractivity contribution in [3.05, 3.63) is 30.3 Å². The first kappa shape index (κ1) is 19.8. The standard InChI is InChI=1S/C17H27N3O4S/c1-24-14-12-18-10-11-19-17(21)16-9-5-6-13-20(16)25(22,23)15-7-3-2-4-8-15/h2-4,7-8,16,18H,5-6,9-14H2,1H3,(H,19,21). The summed E-state index contributed by atoms with van der Waals surface area (Å²) in [5, 5.41) is 5.97. The van der Waals surface area contributed by atoms with Crippen molar-refractivity contribution in [1.82, 2.24) is 14.9 Å². The van der Waals surface area contributed by atoms with Gasteiger partial charge in [-0.15, -0.1) is 0 Å². The van der Waals surface area contributed by atoms with Crippen LogP contribution in [0, 0.1) is 0 Å². The predicted octanol–water partition coefficient (Wildman–Crippen LogP) is 0.582. The number of hydrogen-bond donors (Lipinski definition) is 2. The van der Waals surface area contributed by atoms with Crippen LogP contribution in [0.4, 0.5) is 0 Å². The van der Waals surface area contributed by atoms with Gasteiger partial charge in [-0.25, -0.2) is 8.42 Å². The van der Waals surface area contributed by atoms with Crippen molar-refractivity contribution in [3.63, 3.8) is 0 Å². The monoisotopic (exact) mass is 369 g/mol. The Kier molecular flexibility index (Phi) is 7.83. The molecule has 1 aromatic carbocycles. The zero-order valence-corrected chi connectivity index (χ0v) is 15.4. The minimum atomic E-state index is -3.66. The fourth-order valence-corrected chi connectivity index (χ4v) is 4.55. The molecule has 0 aliphatic carbocycles. The Labute approximate surface area is 149 Å². The van der Waals surface area contributed by atoms with Crippen LogP contribution in [0.2, 0.25) is 0 Å². The van der Waals surface area contributed by atoms with E-state index in [0.717, 1.165) is 12.8 Å². The van der Waals surface area contributed by atoms with E-state index in [0.29, 0.717) is 39.2 Å². The molecule has 1 aromatic rings. The quantitative estimate of drug-likeness (QED) is 0.622. The molecule has 1 aliphatic rings. The number of carbonyl (C=O) groups excluding carboxylic acids is 1. The summed E-state index contributed by atoms with van der Waals surface area (Å²) in [7, 11) is -2.03. The summed E-state index contributed by atoms with van der Waals surface area (Å²) < 4.78 is 32.0. The van der Waals surface area contributed by atoms with Gasteiger partial charge in [0.15, 0.2) is 0 Å². The Balaban J connectivity index is 1.97. The molecule has 7 nitrogen and oxygen atoms in total. The SMILES string of the molecule is COCCNCCNC(=O)C1CCCCN1S(=O)(=O)c1ccccc1. The number of amides is 1. The van der Waals surface area contributed by atoms with Gasteiger partial charge < -0.3 is 15.4 Å². The van der Waals surface area contributed by atoms with Gasteiger partial charge in [-0.05, 0) is 25.0 Å². The summed E-state index contributed by atoms with van der Waals surface area (Å²) in [6.45, 7) is 2.77. The molecule has 1 atom stereocenters. The number of ether oxygens (including phenoxy) is 1. The average molecular weight is 369 g/mol. The van der Waals surface area contributed by atoms with Crippen LogP contribution in [0.25, 0.3) is 0 Å². The molecule has 1 unspecified atom stereocenters. The van der Waals surface area contributed by atoms with E-state index in [4.69, 9.17) is 4.74 Å². The maximum absolute atomic E-state index is 12.9. The van der Waals surface area contributed by atoms with Crippen molar-refractivity contribution in [2.24, 2.45) is 0 Å². The van der Waals surface area contributed by atoms with Crippen LogP contribution in [0.3, 0.4) is 0 Å². The second-order valence-electron chi connectivity index (χ2n) is 5.97.